The third-order valence-corrected chi connectivity index (χ3v) is 4.44. The molecule has 0 spiro atoms. The Morgan fingerprint density at radius 3 is 2.32 bits per heavy atom. The van der Waals surface area contributed by atoms with Crippen molar-refractivity contribution in [2.75, 3.05) is 0 Å². The summed E-state index contributed by atoms with van der Waals surface area (Å²) in [6.45, 7) is 0. The Labute approximate surface area is 125 Å². The second-order valence-corrected chi connectivity index (χ2v) is 5.43. The number of halogens is 1. The molecule has 0 atom stereocenters. The van der Waals surface area contributed by atoms with Crippen molar-refractivity contribution in [1.29, 1.82) is 0 Å². The van der Waals surface area contributed by atoms with Crippen LogP contribution in [0.2, 0.25) is 0 Å². The zero-order chi connectivity index (χ0) is 13.2. The van der Waals surface area contributed by atoms with E-state index < -0.39 is 0 Å². The van der Waals surface area contributed by atoms with Gasteiger partial charge < -0.3 is 0 Å². The van der Waals surface area contributed by atoms with Gasteiger partial charge in [0, 0.05) is 9.13 Å². The first-order chi connectivity index (χ1) is 9.31. The van der Waals surface area contributed by atoms with Crippen LogP contribution in [0.1, 0.15) is 10.4 Å². The predicted molar refractivity (Wildman–Crippen MR) is 87.5 cm³/mol. The van der Waals surface area contributed by atoms with E-state index in [1.165, 1.54) is 16.3 Å². The van der Waals surface area contributed by atoms with Gasteiger partial charge in [-0.15, -0.1) is 0 Å². The third kappa shape index (κ3) is 2.16. The van der Waals surface area contributed by atoms with Crippen LogP contribution in [-0.4, -0.2) is 6.29 Å². The van der Waals surface area contributed by atoms with Crippen LogP contribution in [0.4, 0.5) is 0 Å². The van der Waals surface area contributed by atoms with Gasteiger partial charge in [-0.25, -0.2) is 0 Å². The average molecular weight is 358 g/mol. The molecule has 0 aliphatic carbocycles. The monoisotopic (exact) mass is 358 g/mol. The maximum atomic E-state index is 11.1. The van der Waals surface area contributed by atoms with E-state index in [1.807, 2.05) is 24.3 Å². The number of hydrogen-bond donors (Lipinski definition) is 0. The molecule has 92 valence electrons. The standard InChI is InChI=1S/C17H11IO/c18-17-13(11-19)7-4-10-16(17)15-9-3-6-12-5-1-2-8-14(12)15/h1-11H. The molecule has 0 N–H and O–H groups in total. The van der Waals surface area contributed by atoms with Crippen LogP contribution in [0.3, 0.4) is 0 Å². The molecule has 3 aromatic rings. The Hall–Kier alpha value is -1.68. The van der Waals surface area contributed by atoms with E-state index >= 15 is 0 Å². The fourth-order valence-electron chi connectivity index (χ4n) is 2.31. The van der Waals surface area contributed by atoms with Gasteiger partial charge in [-0.1, -0.05) is 60.7 Å². The molecule has 0 bridgehead atoms. The van der Waals surface area contributed by atoms with Crippen molar-refractivity contribution in [3.63, 3.8) is 0 Å². The molecule has 0 fully saturated rings. The molecule has 0 aliphatic heterocycles. The van der Waals surface area contributed by atoms with Crippen LogP contribution in [0, 0.1) is 3.57 Å². The summed E-state index contributed by atoms with van der Waals surface area (Å²) < 4.78 is 1.01. The summed E-state index contributed by atoms with van der Waals surface area (Å²) in [6, 6.07) is 20.4. The highest BCUT2D eigenvalue weighted by Gasteiger charge is 2.09. The zero-order valence-corrected chi connectivity index (χ0v) is 12.3. The lowest BCUT2D eigenvalue weighted by Gasteiger charge is -2.10. The van der Waals surface area contributed by atoms with Crippen LogP contribution in [0.5, 0.6) is 0 Å². The fraction of sp³-hybridized carbons (Fsp3) is 0. The number of hydrogen-bond acceptors (Lipinski definition) is 1. The highest BCUT2D eigenvalue weighted by molar-refractivity contribution is 14.1. The quantitative estimate of drug-likeness (QED) is 0.469. The lowest BCUT2D eigenvalue weighted by molar-refractivity contribution is 0.112. The highest BCUT2D eigenvalue weighted by Crippen LogP contribution is 2.32. The summed E-state index contributed by atoms with van der Waals surface area (Å²) in [5.41, 5.74) is 3.03. The fourth-order valence-corrected chi connectivity index (χ4v) is 3.09. The van der Waals surface area contributed by atoms with E-state index in [9.17, 15) is 4.79 Å². The van der Waals surface area contributed by atoms with Crippen molar-refractivity contribution in [3.8, 4) is 11.1 Å². The second-order valence-electron chi connectivity index (χ2n) is 4.35. The van der Waals surface area contributed by atoms with E-state index in [-0.39, 0.29) is 0 Å². The predicted octanol–water partition coefficient (Wildman–Crippen LogP) is 4.92. The molecule has 0 heterocycles. The van der Waals surface area contributed by atoms with Crippen LogP contribution in [-0.2, 0) is 0 Å². The van der Waals surface area contributed by atoms with Crippen LogP contribution >= 0.6 is 22.6 Å². The van der Waals surface area contributed by atoms with Gasteiger partial charge in [-0.05, 0) is 44.5 Å². The Morgan fingerprint density at radius 2 is 1.47 bits per heavy atom. The molecule has 0 saturated heterocycles. The number of carbonyl (C=O) groups excluding carboxylic acids is 1. The Kier molecular flexibility index (Phi) is 3.34. The van der Waals surface area contributed by atoms with Crippen molar-refractivity contribution in [2.24, 2.45) is 0 Å². The summed E-state index contributed by atoms with van der Waals surface area (Å²) in [5, 5.41) is 2.43. The Balaban J connectivity index is 2.34. The molecule has 1 nitrogen and oxygen atoms in total. The van der Waals surface area contributed by atoms with E-state index in [0.29, 0.717) is 0 Å². The van der Waals surface area contributed by atoms with Crippen molar-refractivity contribution < 1.29 is 4.79 Å². The molecule has 0 radical (unpaired) electrons. The first-order valence-electron chi connectivity index (χ1n) is 6.03. The van der Waals surface area contributed by atoms with Crippen LogP contribution in [0.15, 0.2) is 60.7 Å². The lowest BCUT2D eigenvalue weighted by Crippen LogP contribution is -1.90. The molecular formula is C17H11IO. The van der Waals surface area contributed by atoms with Gasteiger partial charge in [0.05, 0.1) is 0 Å². The number of fused-ring (bicyclic) bond motifs is 1. The number of carbonyl (C=O) groups is 1. The average Bonchev–Trinajstić information content (AvgIpc) is 2.47. The number of rotatable bonds is 2. The molecular weight excluding hydrogens is 347 g/mol. The lowest BCUT2D eigenvalue weighted by atomic mass is 9.97. The Morgan fingerprint density at radius 1 is 0.789 bits per heavy atom. The van der Waals surface area contributed by atoms with Gasteiger partial charge in [-0.2, -0.15) is 0 Å². The summed E-state index contributed by atoms with van der Waals surface area (Å²) >= 11 is 2.25. The minimum Gasteiger partial charge on any atom is -0.298 e. The van der Waals surface area contributed by atoms with Gasteiger partial charge >= 0.3 is 0 Å². The highest BCUT2D eigenvalue weighted by atomic mass is 127. The zero-order valence-electron chi connectivity index (χ0n) is 10.1. The minimum atomic E-state index is 0.742. The molecule has 19 heavy (non-hydrogen) atoms. The molecule has 0 aliphatic rings. The largest absolute Gasteiger partial charge is 0.298 e. The topological polar surface area (TPSA) is 17.1 Å². The van der Waals surface area contributed by atoms with Crippen molar-refractivity contribution >= 4 is 39.6 Å². The maximum Gasteiger partial charge on any atom is 0.151 e. The maximum absolute atomic E-state index is 11.1. The molecule has 0 aromatic heterocycles. The number of benzene rings is 3. The smallest absolute Gasteiger partial charge is 0.151 e. The molecule has 2 heteroatoms. The van der Waals surface area contributed by atoms with Gasteiger partial charge in [-0.3, -0.25) is 4.79 Å². The molecule has 0 saturated carbocycles. The number of aldehydes is 1. The second kappa shape index (κ2) is 5.13. The van der Waals surface area contributed by atoms with Crippen molar-refractivity contribution in [3.05, 3.63) is 69.8 Å². The summed E-state index contributed by atoms with van der Waals surface area (Å²) in [5.74, 6) is 0. The van der Waals surface area contributed by atoms with Crippen molar-refractivity contribution in [1.82, 2.24) is 0 Å². The first-order valence-corrected chi connectivity index (χ1v) is 7.11. The van der Waals surface area contributed by atoms with E-state index in [2.05, 4.69) is 59.0 Å². The molecule has 3 aromatic carbocycles. The third-order valence-electron chi connectivity index (χ3n) is 3.24. The normalized spacial score (nSPS) is 10.6. The molecule has 3 rings (SSSR count). The Bertz CT molecular complexity index is 757. The van der Waals surface area contributed by atoms with Crippen LogP contribution < -0.4 is 0 Å². The van der Waals surface area contributed by atoms with Gasteiger partial charge in [0.25, 0.3) is 0 Å². The van der Waals surface area contributed by atoms with Gasteiger partial charge in [0.1, 0.15) is 0 Å². The van der Waals surface area contributed by atoms with E-state index in [0.717, 1.165) is 21.0 Å². The molecule has 0 unspecified atom stereocenters. The summed E-state index contributed by atoms with van der Waals surface area (Å²) in [6.07, 6.45) is 0.913. The van der Waals surface area contributed by atoms with Crippen molar-refractivity contribution in [2.45, 2.75) is 0 Å². The van der Waals surface area contributed by atoms with Gasteiger partial charge in [0.15, 0.2) is 6.29 Å². The van der Waals surface area contributed by atoms with Gasteiger partial charge in [0.2, 0.25) is 0 Å². The van der Waals surface area contributed by atoms with E-state index in [1.54, 1.807) is 0 Å². The van der Waals surface area contributed by atoms with Crippen LogP contribution in [0.25, 0.3) is 21.9 Å². The van der Waals surface area contributed by atoms with E-state index in [4.69, 9.17) is 0 Å². The molecule has 0 amide bonds. The SMILES string of the molecule is O=Cc1cccc(-c2cccc3ccccc23)c1I. The minimum absolute atomic E-state index is 0.742. The summed E-state index contributed by atoms with van der Waals surface area (Å²) in [7, 11) is 0. The summed E-state index contributed by atoms with van der Waals surface area (Å²) in [4.78, 5) is 11.1. The first kappa shape index (κ1) is 12.4.